The fourth-order valence-electron chi connectivity index (χ4n) is 2.29. The van der Waals surface area contributed by atoms with Gasteiger partial charge < -0.3 is 14.6 Å². The molecule has 0 spiro atoms. The summed E-state index contributed by atoms with van der Waals surface area (Å²) in [7, 11) is 2.96. The molecule has 0 aliphatic heterocycles. The minimum Gasteiger partial charge on any atom is -0.494 e. The Balaban J connectivity index is 2.33. The monoisotopic (exact) mass is 240 g/mol. The molecule has 1 N–H and O–H groups in total. The fourth-order valence-corrected chi connectivity index (χ4v) is 2.29. The number of methoxy groups -OCH3 is 2. The van der Waals surface area contributed by atoms with Crippen molar-refractivity contribution >= 4 is 0 Å². The smallest absolute Gasteiger partial charge is 0.170 e. The molecule has 94 valence electrons. The van der Waals surface area contributed by atoms with Gasteiger partial charge in [0.05, 0.1) is 12.7 Å². The number of benzene rings is 1. The van der Waals surface area contributed by atoms with Crippen LogP contribution in [-0.2, 0) is 4.74 Å². The van der Waals surface area contributed by atoms with Crippen LogP contribution in [0.2, 0.25) is 0 Å². The van der Waals surface area contributed by atoms with Gasteiger partial charge in [-0.05, 0) is 25.3 Å². The molecule has 1 atom stereocenters. The van der Waals surface area contributed by atoms with Gasteiger partial charge in [-0.1, -0.05) is 12.1 Å². The van der Waals surface area contributed by atoms with Crippen LogP contribution in [0.1, 0.15) is 30.9 Å². The number of aliphatic hydroxyl groups is 1. The van der Waals surface area contributed by atoms with Crippen LogP contribution < -0.4 is 4.74 Å². The van der Waals surface area contributed by atoms with Crippen LogP contribution in [0.15, 0.2) is 18.2 Å². The summed E-state index contributed by atoms with van der Waals surface area (Å²) in [4.78, 5) is 0. The van der Waals surface area contributed by atoms with E-state index < -0.39 is 17.5 Å². The quantitative estimate of drug-likeness (QED) is 0.878. The Hall–Kier alpha value is -1.13. The first-order valence-electron chi connectivity index (χ1n) is 5.70. The molecule has 4 heteroatoms. The Labute approximate surface area is 100 Å². The zero-order valence-electron chi connectivity index (χ0n) is 10.1. The second kappa shape index (κ2) is 4.63. The average molecular weight is 240 g/mol. The van der Waals surface area contributed by atoms with E-state index in [4.69, 9.17) is 9.47 Å². The number of hydrogen-bond acceptors (Lipinski definition) is 3. The summed E-state index contributed by atoms with van der Waals surface area (Å²) in [5, 5.41) is 10.3. The molecule has 3 nitrogen and oxygen atoms in total. The molecule has 1 aliphatic rings. The fraction of sp³-hybridized carbons (Fsp3) is 0.538. The summed E-state index contributed by atoms with van der Waals surface area (Å²) in [6.45, 7) is 0. The molecular weight excluding hydrogens is 223 g/mol. The highest BCUT2D eigenvalue weighted by molar-refractivity contribution is 5.34. The first-order valence-corrected chi connectivity index (χ1v) is 5.70. The van der Waals surface area contributed by atoms with Gasteiger partial charge in [0, 0.05) is 12.7 Å². The van der Waals surface area contributed by atoms with Gasteiger partial charge in [-0.2, -0.15) is 0 Å². The number of aliphatic hydroxyl groups excluding tert-OH is 1. The summed E-state index contributed by atoms with van der Waals surface area (Å²) in [6.07, 6.45) is 1.55. The van der Waals surface area contributed by atoms with E-state index in [1.165, 1.54) is 13.2 Å². The minimum absolute atomic E-state index is 0.145. The van der Waals surface area contributed by atoms with E-state index in [1.54, 1.807) is 19.2 Å². The molecule has 2 rings (SSSR count). The molecule has 17 heavy (non-hydrogen) atoms. The average Bonchev–Trinajstić information content (AvgIpc) is 2.28. The third-order valence-electron chi connectivity index (χ3n) is 3.61. The van der Waals surface area contributed by atoms with Crippen LogP contribution in [0.5, 0.6) is 5.75 Å². The summed E-state index contributed by atoms with van der Waals surface area (Å²) in [6, 6.07) is 4.77. The van der Waals surface area contributed by atoms with Gasteiger partial charge in [-0.3, -0.25) is 0 Å². The Kier molecular flexibility index (Phi) is 3.35. The van der Waals surface area contributed by atoms with Gasteiger partial charge in [0.15, 0.2) is 11.6 Å². The van der Waals surface area contributed by atoms with E-state index in [1.807, 2.05) is 0 Å². The van der Waals surface area contributed by atoms with E-state index in [-0.39, 0.29) is 11.3 Å². The largest absolute Gasteiger partial charge is 0.494 e. The van der Waals surface area contributed by atoms with Gasteiger partial charge >= 0.3 is 0 Å². The first-order chi connectivity index (χ1) is 8.14. The molecule has 1 aromatic carbocycles. The Morgan fingerprint density at radius 3 is 2.53 bits per heavy atom. The summed E-state index contributed by atoms with van der Waals surface area (Å²) in [5.74, 6) is -0.363. The molecular formula is C13H17FO3. The van der Waals surface area contributed by atoms with Crippen molar-refractivity contribution in [2.24, 2.45) is 0 Å². The van der Waals surface area contributed by atoms with Crippen molar-refractivity contribution in [2.75, 3.05) is 14.2 Å². The number of halogens is 1. The zero-order valence-corrected chi connectivity index (χ0v) is 10.1. The lowest BCUT2D eigenvalue weighted by Crippen LogP contribution is -2.45. The maximum absolute atomic E-state index is 14.0. The molecule has 0 saturated heterocycles. The summed E-state index contributed by atoms with van der Waals surface area (Å²) >= 11 is 0. The first kappa shape index (κ1) is 12.3. The van der Waals surface area contributed by atoms with Crippen LogP contribution in [0, 0.1) is 5.82 Å². The van der Waals surface area contributed by atoms with E-state index in [9.17, 15) is 9.50 Å². The number of hydrogen-bond donors (Lipinski definition) is 1. The Bertz CT molecular complexity index is 396. The van der Waals surface area contributed by atoms with Crippen molar-refractivity contribution in [2.45, 2.75) is 31.0 Å². The maximum Gasteiger partial charge on any atom is 0.170 e. The molecule has 1 aromatic rings. The molecule has 0 heterocycles. The van der Waals surface area contributed by atoms with Crippen molar-refractivity contribution in [3.8, 4) is 5.75 Å². The van der Waals surface area contributed by atoms with Gasteiger partial charge in [0.25, 0.3) is 0 Å². The van der Waals surface area contributed by atoms with Gasteiger partial charge in [-0.25, -0.2) is 4.39 Å². The predicted octanol–water partition coefficient (Wildman–Crippen LogP) is 2.44. The van der Waals surface area contributed by atoms with Crippen LogP contribution >= 0.6 is 0 Å². The highest BCUT2D eigenvalue weighted by atomic mass is 19.1. The van der Waals surface area contributed by atoms with Gasteiger partial charge in [0.1, 0.15) is 6.10 Å². The maximum atomic E-state index is 14.0. The highest BCUT2D eigenvalue weighted by Crippen LogP contribution is 2.45. The van der Waals surface area contributed by atoms with Crippen molar-refractivity contribution in [3.05, 3.63) is 29.6 Å². The lowest BCUT2D eigenvalue weighted by molar-refractivity contribution is -0.152. The van der Waals surface area contributed by atoms with Crippen molar-refractivity contribution in [1.29, 1.82) is 0 Å². The molecule has 0 bridgehead atoms. The molecule has 1 unspecified atom stereocenters. The third kappa shape index (κ3) is 1.91. The summed E-state index contributed by atoms with van der Waals surface area (Å²) < 4.78 is 24.3. The second-order valence-electron chi connectivity index (χ2n) is 4.39. The molecule has 1 saturated carbocycles. The van der Waals surface area contributed by atoms with Crippen LogP contribution in [0.25, 0.3) is 0 Å². The Morgan fingerprint density at radius 1 is 1.35 bits per heavy atom. The van der Waals surface area contributed by atoms with Crippen molar-refractivity contribution < 1.29 is 19.0 Å². The Morgan fingerprint density at radius 2 is 2.06 bits per heavy atom. The van der Waals surface area contributed by atoms with Gasteiger partial charge in [0.2, 0.25) is 0 Å². The van der Waals surface area contributed by atoms with Crippen LogP contribution in [0.4, 0.5) is 4.39 Å². The van der Waals surface area contributed by atoms with Crippen molar-refractivity contribution in [1.82, 2.24) is 0 Å². The molecule has 1 fully saturated rings. The van der Waals surface area contributed by atoms with E-state index in [2.05, 4.69) is 0 Å². The van der Waals surface area contributed by atoms with Crippen LogP contribution in [-0.4, -0.2) is 24.9 Å². The highest BCUT2D eigenvalue weighted by Gasteiger charge is 2.45. The summed E-state index contributed by atoms with van der Waals surface area (Å²) in [5.41, 5.74) is -0.390. The van der Waals surface area contributed by atoms with E-state index in [0.29, 0.717) is 0 Å². The molecule has 0 radical (unpaired) electrons. The normalized spacial score (nSPS) is 19.5. The van der Waals surface area contributed by atoms with Crippen molar-refractivity contribution in [3.63, 3.8) is 0 Å². The van der Waals surface area contributed by atoms with E-state index >= 15 is 0 Å². The van der Waals surface area contributed by atoms with Gasteiger partial charge in [-0.15, -0.1) is 0 Å². The predicted molar refractivity (Wildman–Crippen MR) is 61.5 cm³/mol. The number of ether oxygens (including phenoxy) is 2. The van der Waals surface area contributed by atoms with E-state index in [0.717, 1.165) is 19.3 Å². The standard InChI is InChI=1S/C13H17FO3/c1-16-10-6-3-5-9(11(10)14)12(15)13(17-2)7-4-8-13/h3,5-6,12,15H,4,7-8H2,1-2H3. The molecule has 1 aliphatic carbocycles. The minimum atomic E-state index is -0.948. The lowest BCUT2D eigenvalue weighted by atomic mass is 9.73. The second-order valence-corrected chi connectivity index (χ2v) is 4.39. The SMILES string of the molecule is COc1cccc(C(O)C2(OC)CCC2)c1F. The third-order valence-corrected chi connectivity index (χ3v) is 3.61. The molecule has 0 amide bonds. The lowest BCUT2D eigenvalue weighted by Gasteiger charge is -2.44. The zero-order chi connectivity index (χ0) is 12.5. The molecule has 0 aromatic heterocycles. The topological polar surface area (TPSA) is 38.7 Å². The number of rotatable bonds is 4. The van der Waals surface area contributed by atoms with Crippen LogP contribution in [0.3, 0.4) is 0 Å².